The first-order valence-electron chi connectivity index (χ1n) is 7.23. The fraction of sp³-hybridized carbons (Fsp3) is 0.562. The van der Waals surface area contributed by atoms with Crippen molar-refractivity contribution < 1.29 is 19.4 Å². The predicted octanol–water partition coefficient (Wildman–Crippen LogP) is 2.62. The molecule has 0 aliphatic carbocycles. The van der Waals surface area contributed by atoms with Gasteiger partial charge in [-0.25, -0.2) is 4.79 Å². The van der Waals surface area contributed by atoms with E-state index < -0.39 is 6.10 Å². The maximum atomic E-state index is 11.9. The number of aliphatic hydroxyl groups is 1. The number of amides is 2. The second-order valence-corrected chi connectivity index (χ2v) is 6.12. The van der Waals surface area contributed by atoms with E-state index in [1.165, 1.54) is 7.11 Å². The molecule has 2 amide bonds. The third-order valence-electron chi connectivity index (χ3n) is 3.36. The van der Waals surface area contributed by atoms with E-state index in [2.05, 4.69) is 10.6 Å². The Morgan fingerprint density at radius 1 is 1.27 bits per heavy atom. The second kappa shape index (κ2) is 7.89. The van der Waals surface area contributed by atoms with Crippen molar-refractivity contribution in [1.29, 1.82) is 0 Å². The lowest BCUT2D eigenvalue weighted by Gasteiger charge is -2.25. The van der Waals surface area contributed by atoms with Crippen LogP contribution in [-0.2, 0) is 0 Å². The first-order chi connectivity index (χ1) is 10.3. The number of urea groups is 1. The van der Waals surface area contributed by atoms with E-state index in [1.807, 2.05) is 20.8 Å². The Kier molecular flexibility index (Phi) is 6.49. The first kappa shape index (κ1) is 18.1. The van der Waals surface area contributed by atoms with Crippen LogP contribution in [0, 0.1) is 5.41 Å². The lowest BCUT2D eigenvalue weighted by molar-refractivity contribution is 0.0565. The quantitative estimate of drug-likeness (QED) is 0.754. The van der Waals surface area contributed by atoms with Gasteiger partial charge in [0.05, 0.1) is 26.0 Å². The highest BCUT2D eigenvalue weighted by Crippen LogP contribution is 2.28. The number of nitrogens with one attached hydrogen (secondary N) is 2. The predicted molar refractivity (Wildman–Crippen MR) is 86.6 cm³/mol. The van der Waals surface area contributed by atoms with Crippen LogP contribution in [0.25, 0.3) is 0 Å². The largest absolute Gasteiger partial charge is 0.497 e. The molecule has 1 unspecified atom stereocenters. The van der Waals surface area contributed by atoms with Gasteiger partial charge in [0.2, 0.25) is 0 Å². The van der Waals surface area contributed by atoms with Gasteiger partial charge in [0, 0.05) is 12.6 Å². The number of benzene rings is 1. The molecule has 0 saturated carbocycles. The van der Waals surface area contributed by atoms with Crippen LogP contribution >= 0.6 is 0 Å². The molecule has 0 bridgehead atoms. The van der Waals surface area contributed by atoms with Gasteiger partial charge in [0.1, 0.15) is 11.5 Å². The number of rotatable bonds is 6. The van der Waals surface area contributed by atoms with Gasteiger partial charge in [0.25, 0.3) is 0 Å². The monoisotopic (exact) mass is 310 g/mol. The first-order valence-corrected chi connectivity index (χ1v) is 7.23. The van der Waals surface area contributed by atoms with Gasteiger partial charge >= 0.3 is 6.03 Å². The minimum atomic E-state index is -0.469. The molecule has 6 heteroatoms. The lowest BCUT2D eigenvalue weighted by atomic mass is 9.87. The second-order valence-electron chi connectivity index (χ2n) is 6.12. The smallest absolute Gasteiger partial charge is 0.319 e. The molecular formula is C16H26N2O4. The van der Waals surface area contributed by atoms with Crippen molar-refractivity contribution in [2.24, 2.45) is 5.41 Å². The topological polar surface area (TPSA) is 79.8 Å². The van der Waals surface area contributed by atoms with Crippen LogP contribution in [0.3, 0.4) is 0 Å². The minimum Gasteiger partial charge on any atom is -0.497 e. The van der Waals surface area contributed by atoms with Crippen LogP contribution in [-0.4, -0.2) is 38.0 Å². The number of carbonyl (C=O) groups is 1. The summed E-state index contributed by atoms with van der Waals surface area (Å²) in [5, 5.41) is 15.4. The van der Waals surface area contributed by atoms with Crippen LogP contribution < -0.4 is 20.1 Å². The van der Waals surface area contributed by atoms with Crippen molar-refractivity contribution >= 4 is 11.7 Å². The zero-order valence-corrected chi connectivity index (χ0v) is 13.9. The molecule has 1 aromatic carbocycles. The highest BCUT2D eigenvalue weighted by Gasteiger charge is 2.21. The maximum Gasteiger partial charge on any atom is 0.319 e. The van der Waals surface area contributed by atoms with Crippen molar-refractivity contribution in [3.05, 3.63) is 18.2 Å². The van der Waals surface area contributed by atoms with Gasteiger partial charge < -0.3 is 25.2 Å². The number of methoxy groups -OCH3 is 2. The van der Waals surface area contributed by atoms with Gasteiger partial charge in [-0.1, -0.05) is 20.8 Å². The van der Waals surface area contributed by atoms with Gasteiger partial charge in [-0.2, -0.15) is 0 Å². The zero-order valence-electron chi connectivity index (χ0n) is 13.9. The molecule has 0 saturated heterocycles. The Hall–Kier alpha value is -1.95. The van der Waals surface area contributed by atoms with Gasteiger partial charge in [0.15, 0.2) is 0 Å². The summed E-state index contributed by atoms with van der Waals surface area (Å²) < 4.78 is 10.3. The number of aliphatic hydroxyl groups excluding tert-OH is 1. The lowest BCUT2D eigenvalue weighted by Crippen LogP contribution is -2.34. The number of carbonyl (C=O) groups excluding carboxylic acids is 1. The molecule has 1 rings (SSSR count). The van der Waals surface area contributed by atoms with Gasteiger partial charge in [-0.15, -0.1) is 0 Å². The standard InChI is InChI=1S/C16H26N2O4/c1-16(2,3)14(19)8-9-17-15(20)18-12-7-6-11(21-4)10-13(12)22-5/h6-7,10,14,19H,8-9H2,1-5H3,(H2,17,18,20). The Balaban J connectivity index is 2.52. The molecule has 22 heavy (non-hydrogen) atoms. The molecule has 0 spiro atoms. The van der Waals surface area contributed by atoms with Crippen molar-refractivity contribution in [2.75, 3.05) is 26.1 Å². The molecule has 124 valence electrons. The molecule has 0 fully saturated rings. The highest BCUT2D eigenvalue weighted by molar-refractivity contribution is 5.91. The van der Waals surface area contributed by atoms with Crippen molar-refractivity contribution in [1.82, 2.24) is 5.32 Å². The molecule has 3 N–H and O–H groups in total. The highest BCUT2D eigenvalue weighted by atomic mass is 16.5. The van der Waals surface area contributed by atoms with Crippen LogP contribution in [0.2, 0.25) is 0 Å². The fourth-order valence-corrected chi connectivity index (χ4v) is 1.82. The molecular weight excluding hydrogens is 284 g/mol. The van der Waals surface area contributed by atoms with Crippen LogP contribution in [0.4, 0.5) is 10.5 Å². The molecule has 1 aromatic rings. The van der Waals surface area contributed by atoms with E-state index in [-0.39, 0.29) is 11.4 Å². The summed E-state index contributed by atoms with van der Waals surface area (Å²) in [6, 6.07) is 4.80. The van der Waals surface area contributed by atoms with E-state index in [0.29, 0.717) is 30.2 Å². The molecule has 0 radical (unpaired) electrons. The average molecular weight is 310 g/mol. The summed E-state index contributed by atoms with van der Waals surface area (Å²) in [7, 11) is 3.09. The number of hydrogen-bond acceptors (Lipinski definition) is 4. The SMILES string of the molecule is COc1ccc(NC(=O)NCCC(O)C(C)(C)C)c(OC)c1. The van der Waals surface area contributed by atoms with E-state index in [9.17, 15) is 9.90 Å². The Morgan fingerprint density at radius 3 is 2.50 bits per heavy atom. The number of ether oxygens (including phenoxy) is 2. The van der Waals surface area contributed by atoms with Crippen LogP contribution in [0.5, 0.6) is 11.5 Å². The summed E-state index contributed by atoms with van der Waals surface area (Å²) in [6.07, 6.45) is 0.0275. The number of anilines is 1. The van der Waals surface area contributed by atoms with Gasteiger partial charge in [-0.3, -0.25) is 0 Å². The van der Waals surface area contributed by atoms with Crippen LogP contribution in [0.1, 0.15) is 27.2 Å². The molecule has 1 atom stereocenters. The summed E-state index contributed by atoms with van der Waals surface area (Å²) >= 11 is 0. The van der Waals surface area contributed by atoms with Crippen LogP contribution in [0.15, 0.2) is 18.2 Å². The normalized spacial score (nSPS) is 12.5. The minimum absolute atomic E-state index is 0.197. The maximum absolute atomic E-state index is 11.9. The van der Waals surface area contributed by atoms with E-state index in [1.54, 1.807) is 25.3 Å². The molecule has 0 aromatic heterocycles. The Morgan fingerprint density at radius 2 is 1.95 bits per heavy atom. The number of hydrogen-bond donors (Lipinski definition) is 3. The molecule has 0 aliphatic heterocycles. The molecule has 6 nitrogen and oxygen atoms in total. The summed E-state index contributed by atoms with van der Waals surface area (Å²) in [4.78, 5) is 11.9. The third-order valence-corrected chi connectivity index (χ3v) is 3.36. The summed E-state index contributed by atoms with van der Waals surface area (Å²) in [5.74, 6) is 1.17. The Labute approximate surface area is 131 Å². The van der Waals surface area contributed by atoms with Crippen molar-refractivity contribution in [3.63, 3.8) is 0 Å². The van der Waals surface area contributed by atoms with Crippen molar-refractivity contribution in [2.45, 2.75) is 33.3 Å². The van der Waals surface area contributed by atoms with Gasteiger partial charge in [-0.05, 0) is 24.0 Å². The molecule has 0 heterocycles. The van der Waals surface area contributed by atoms with E-state index in [0.717, 1.165) is 0 Å². The third kappa shape index (κ3) is 5.44. The zero-order chi connectivity index (χ0) is 16.8. The van der Waals surface area contributed by atoms with E-state index in [4.69, 9.17) is 9.47 Å². The Bertz CT molecular complexity index is 497. The fourth-order valence-electron chi connectivity index (χ4n) is 1.82. The molecule has 0 aliphatic rings. The summed E-state index contributed by atoms with van der Waals surface area (Å²) in [6.45, 7) is 6.27. The van der Waals surface area contributed by atoms with E-state index >= 15 is 0 Å². The summed E-state index contributed by atoms with van der Waals surface area (Å²) in [5.41, 5.74) is 0.356. The average Bonchev–Trinajstić information content (AvgIpc) is 2.46. The van der Waals surface area contributed by atoms with Crippen molar-refractivity contribution in [3.8, 4) is 11.5 Å².